The lowest BCUT2D eigenvalue weighted by molar-refractivity contribution is -0.140. The molecule has 0 aromatic heterocycles. The normalized spacial score (nSPS) is 35.8. The van der Waals surface area contributed by atoms with Crippen LogP contribution in [0.2, 0.25) is 0 Å². The summed E-state index contributed by atoms with van der Waals surface area (Å²) in [4.78, 5) is 33.0. The van der Waals surface area contributed by atoms with Gasteiger partial charge in [0.1, 0.15) is 34.5 Å². The second kappa shape index (κ2) is 23.0. The second-order valence-electron chi connectivity index (χ2n) is 32.2. The number of phenols is 2. The molecule has 12 rings (SSSR count). The molecule has 6 fully saturated rings. The average Bonchev–Trinajstić information content (AvgIpc) is 0.706. The van der Waals surface area contributed by atoms with Crippen LogP contribution in [-0.2, 0) is 60.1 Å². The van der Waals surface area contributed by atoms with Crippen molar-refractivity contribution in [2.75, 3.05) is 44.2 Å². The Bertz CT molecular complexity index is 3620. The summed E-state index contributed by atoms with van der Waals surface area (Å²) in [6, 6.07) is 8.66. The van der Waals surface area contributed by atoms with Crippen molar-refractivity contribution in [3.05, 3.63) is 53.1 Å². The van der Waals surface area contributed by atoms with Crippen molar-refractivity contribution in [3.8, 4) is 34.5 Å². The van der Waals surface area contributed by atoms with Gasteiger partial charge in [0, 0.05) is 51.1 Å². The summed E-state index contributed by atoms with van der Waals surface area (Å²) in [5.74, 6) is -1.33. The van der Waals surface area contributed by atoms with Crippen LogP contribution in [0.25, 0.3) is 0 Å². The van der Waals surface area contributed by atoms with E-state index in [4.69, 9.17) is 34.3 Å². The van der Waals surface area contributed by atoms with Crippen LogP contribution in [0.1, 0.15) is 196 Å². The van der Waals surface area contributed by atoms with Gasteiger partial charge in [-0.15, -0.1) is 0 Å². The maximum atomic E-state index is 13.6. The van der Waals surface area contributed by atoms with Crippen molar-refractivity contribution < 1.29 is 84.1 Å². The zero-order valence-electron chi connectivity index (χ0n) is 55.5. The fraction of sp³-hybridized carbons (Fsp3) is 0.700. The summed E-state index contributed by atoms with van der Waals surface area (Å²) < 4.78 is 102. The third-order valence-corrected chi connectivity index (χ3v) is 31.0. The van der Waals surface area contributed by atoms with Gasteiger partial charge in [0.2, 0.25) is 0 Å². The maximum Gasteiger partial charge on any atom is 0.341 e. The van der Waals surface area contributed by atoms with Crippen molar-refractivity contribution in [2.24, 2.45) is 68.0 Å². The van der Waals surface area contributed by atoms with E-state index < -0.39 is 78.1 Å². The number of benzene rings is 3. The molecule has 0 bridgehead atoms. The van der Waals surface area contributed by atoms with Gasteiger partial charge in [-0.05, 0) is 163 Å². The number of carboxylic acid groups (broad SMARTS) is 3. The highest BCUT2D eigenvalue weighted by Gasteiger charge is 2.66. The summed E-state index contributed by atoms with van der Waals surface area (Å²) in [5.41, 5.74) is 0.795. The molecule has 3 aliphatic heterocycles. The molecule has 12 atom stereocenters. The van der Waals surface area contributed by atoms with E-state index in [-0.39, 0.29) is 116 Å². The van der Waals surface area contributed by atoms with Crippen LogP contribution in [0.15, 0.2) is 51.1 Å². The molecule has 3 aromatic rings. The molecule has 0 radical (unpaired) electrons. The minimum Gasteiger partial charge on any atom is -0.507 e. The van der Waals surface area contributed by atoms with E-state index in [0.29, 0.717) is 34.6 Å². The number of phenolic OH excluding ortho intramolecular Hbond substituents is 2. The van der Waals surface area contributed by atoms with Gasteiger partial charge in [-0.1, -0.05) is 102 Å². The summed E-state index contributed by atoms with van der Waals surface area (Å²) in [7, 11) is -9.34. The van der Waals surface area contributed by atoms with Gasteiger partial charge in [-0.3, -0.25) is 0 Å². The number of fused-ring (bicyclic) bond motifs is 15. The van der Waals surface area contributed by atoms with Crippen LogP contribution in [0.5, 0.6) is 34.5 Å². The van der Waals surface area contributed by atoms with E-state index in [1.165, 1.54) is 43.9 Å². The minimum atomic E-state index is -3.65. The Morgan fingerprint density at radius 3 is 0.967 bits per heavy atom. The van der Waals surface area contributed by atoms with Gasteiger partial charge < -0.3 is 44.5 Å². The third-order valence-electron chi connectivity index (χ3n) is 25.7. The van der Waals surface area contributed by atoms with Gasteiger partial charge in [0.15, 0.2) is 49.3 Å². The first-order valence-electron chi connectivity index (χ1n) is 32.7. The summed E-state index contributed by atoms with van der Waals surface area (Å²) in [5, 5.41) is 48.5. The molecule has 3 aromatic carbocycles. The minimum absolute atomic E-state index is 0.00973. The molecular weight excluding hydrogens is 1220 g/mol. The fourth-order valence-corrected chi connectivity index (χ4v) is 28.8. The zero-order valence-corrected chi connectivity index (χ0v) is 58.0. The summed E-state index contributed by atoms with van der Waals surface area (Å²) in [6.45, 7) is 25.5. The van der Waals surface area contributed by atoms with Crippen LogP contribution in [-0.4, -0.2) is 113 Å². The highest BCUT2D eigenvalue weighted by atomic mass is 32.2. The quantitative estimate of drug-likeness (QED) is 0.126. The van der Waals surface area contributed by atoms with E-state index in [9.17, 15) is 49.9 Å². The Labute approximate surface area is 538 Å². The van der Waals surface area contributed by atoms with Crippen molar-refractivity contribution >= 4 is 47.4 Å². The SMILES string of the molecule is CC1(C)CCC[C@]2(C)[C@H]3CS(=O)(=O)c4cc(OCC(=O)O)cc(O)c4[C@]3(C)CC[C@@H]12.CC1(C)CCC[C@]2(C)[C@H]3CS(=O)(=O)c4cc(OCC(=O)O)cc(O)c4[C@]3(C)CC[C@@H]12.COc1cc(OCC(=O)O)cc2c1[C@]1(C)CC[C@H]3C(C)(C)CCC[C@]3(C)[C@H]1CS2(=O)=O. The monoisotopic (exact) mass is 1320 g/mol. The van der Waals surface area contributed by atoms with Crippen molar-refractivity contribution in [3.63, 3.8) is 0 Å². The lowest BCUT2D eigenvalue weighted by atomic mass is 9.43. The molecule has 6 aliphatic carbocycles. The number of methoxy groups -OCH3 is 1. The highest BCUT2D eigenvalue weighted by molar-refractivity contribution is 7.92. The lowest BCUT2D eigenvalue weighted by Gasteiger charge is -2.63. The molecule has 5 N–H and O–H groups in total. The largest absolute Gasteiger partial charge is 0.507 e. The molecule has 3 heterocycles. The number of sulfone groups is 3. The first-order valence-corrected chi connectivity index (χ1v) is 37.6. The molecular formula is C70H98O18S3. The molecule has 6 saturated carbocycles. The Balaban J connectivity index is 0.000000150. The lowest BCUT2D eigenvalue weighted by Crippen LogP contribution is -2.59. The van der Waals surface area contributed by atoms with Crippen molar-refractivity contribution in [1.29, 1.82) is 0 Å². The first kappa shape index (κ1) is 68.6. The number of carboxylic acids is 3. The molecule has 21 heteroatoms. The van der Waals surface area contributed by atoms with Crippen molar-refractivity contribution in [2.45, 2.75) is 210 Å². The molecule has 0 amide bonds. The molecule has 0 saturated heterocycles. The number of aliphatic carboxylic acids is 3. The van der Waals surface area contributed by atoms with Gasteiger partial charge >= 0.3 is 17.9 Å². The zero-order chi connectivity index (χ0) is 67.0. The van der Waals surface area contributed by atoms with Gasteiger partial charge in [0.05, 0.1) is 39.1 Å². The Kier molecular flexibility index (Phi) is 17.3. The van der Waals surface area contributed by atoms with E-state index in [1.54, 1.807) is 6.07 Å². The molecule has 504 valence electrons. The molecule has 9 aliphatic rings. The first-order chi connectivity index (χ1) is 42.0. The molecule has 0 spiro atoms. The van der Waals surface area contributed by atoms with Gasteiger partial charge in [-0.2, -0.15) is 0 Å². The van der Waals surface area contributed by atoms with Crippen molar-refractivity contribution in [1.82, 2.24) is 0 Å². The van der Waals surface area contributed by atoms with Crippen LogP contribution < -0.4 is 18.9 Å². The topological polar surface area (TPSA) is 292 Å². The number of ether oxygens (including phenoxy) is 4. The van der Waals surface area contributed by atoms with Crippen LogP contribution in [0, 0.1) is 68.0 Å². The number of hydrogen-bond acceptors (Lipinski definition) is 15. The molecule has 91 heavy (non-hydrogen) atoms. The maximum absolute atomic E-state index is 13.6. The number of hydrogen-bond donors (Lipinski definition) is 5. The van der Waals surface area contributed by atoms with Crippen LogP contribution in [0.4, 0.5) is 0 Å². The van der Waals surface area contributed by atoms with Gasteiger partial charge in [0.25, 0.3) is 0 Å². The Morgan fingerprint density at radius 2 is 0.681 bits per heavy atom. The van der Waals surface area contributed by atoms with E-state index in [0.717, 1.165) is 95.5 Å². The van der Waals surface area contributed by atoms with Gasteiger partial charge in [-0.25, -0.2) is 39.6 Å². The predicted octanol–water partition coefficient (Wildman–Crippen LogP) is 12.7. The summed E-state index contributed by atoms with van der Waals surface area (Å²) in [6.07, 6.45) is 15.5. The van der Waals surface area contributed by atoms with Crippen LogP contribution in [0.3, 0.4) is 0 Å². The standard InChI is InChI=1S/C24H34O6S.2C23H32O6S/c1-22(2)8-6-9-23(3)18(22)7-10-24(4)19(23)14-31(27,28)17-12-15(30-13-20(25)26)11-16(29-5)21(17)24;2*1-21(2)7-5-8-22(3)17(21)6-9-23(4)18(22)13-30(27,28)16-11-14(29-12-19(25)26)10-15(24)20(16)23/h11-12,18-19H,6-10,13-14H2,1-5H3,(H,25,26);2*10-11,17-18,24H,5-9,12-13H2,1-4H3,(H,25,26)/t18-,19+,23-,24+;2*17-,18+,22-,23+/m000/s1. The molecule has 18 nitrogen and oxygen atoms in total. The number of carbonyl (C=O) groups is 3. The van der Waals surface area contributed by atoms with Crippen LogP contribution >= 0.6 is 0 Å². The second-order valence-corrected chi connectivity index (χ2v) is 38.3. The third kappa shape index (κ3) is 11.5. The van der Waals surface area contributed by atoms with E-state index >= 15 is 0 Å². The Hall–Kier alpha value is -5.28. The smallest absolute Gasteiger partial charge is 0.341 e. The molecule has 0 unspecified atom stereocenters. The Morgan fingerprint density at radius 1 is 0.407 bits per heavy atom. The number of aromatic hydroxyl groups is 2. The fourth-order valence-electron chi connectivity index (χ4n) is 21.9. The van der Waals surface area contributed by atoms with E-state index in [2.05, 4.69) is 83.1 Å². The average molecular weight is 1320 g/mol. The highest BCUT2D eigenvalue weighted by Crippen LogP contribution is 2.71. The van der Waals surface area contributed by atoms with E-state index in [1.807, 2.05) is 0 Å². The summed E-state index contributed by atoms with van der Waals surface area (Å²) >= 11 is 0. The number of rotatable bonds is 10. The predicted molar refractivity (Wildman–Crippen MR) is 343 cm³/mol.